The van der Waals surface area contributed by atoms with Crippen LogP contribution in [0, 0.1) is 11.6 Å². The number of nitrogens with one attached hydrogen (secondary N) is 2. The molecule has 0 radical (unpaired) electrons. The van der Waals surface area contributed by atoms with Gasteiger partial charge in [-0.2, -0.15) is 0 Å². The van der Waals surface area contributed by atoms with Gasteiger partial charge in [-0.3, -0.25) is 4.79 Å². The van der Waals surface area contributed by atoms with E-state index in [1.54, 1.807) is 7.11 Å². The molecule has 0 fully saturated rings. The highest BCUT2D eigenvalue weighted by atomic mass is 19.2. The van der Waals surface area contributed by atoms with Crippen molar-refractivity contribution < 1.29 is 18.3 Å². The molecule has 1 amide bonds. The SMILES string of the molecule is CNC/C=C(/COC)NC=O.Fc1ccccc1F. The molecular weight excluding hydrogens is 254 g/mol. The Kier molecular flexibility index (Phi) is 10.2. The number of hydrogen-bond donors (Lipinski definition) is 2. The van der Waals surface area contributed by atoms with Crippen molar-refractivity contribution in [1.82, 2.24) is 10.6 Å². The molecule has 0 unspecified atom stereocenters. The summed E-state index contributed by atoms with van der Waals surface area (Å²) < 4.78 is 28.7. The van der Waals surface area contributed by atoms with Gasteiger partial charge in [-0.15, -0.1) is 0 Å². The number of carbonyl (C=O) groups excluding carboxylic acids is 1. The van der Waals surface area contributed by atoms with E-state index in [0.717, 1.165) is 24.4 Å². The van der Waals surface area contributed by atoms with Gasteiger partial charge in [0.05, 0.1) is 6.61 Å². The number of benzene rings is 1. The minimum Gasteiger partial charge on any atom is -0.378 e. The van der Waals surface area contributed by atoms with Crippen LogP contribution in [0.5, 0.6) is 0 Å². The number of carbonyl (C=O) groups is 1. The van der Waals surface area contributed by atoms with Gasteiger partial charge in [0.1, 0.15) is 0 Å². The van der Waals surface area contributed by atoms with Crippen molar-refractivity contribution in [3.05, 3.63) is 47.7 Å². The first-order valence-corrected chi connectivity index (χ1v) is 5.58. The number of ether oxygens (including phenoxy) is 1. The standard InChI is InChI=1S/C7H14N2O2.C6H4F2/c1-8-4-3-7(5-11-2)9-6-10;7-5-3-1-2-4-6(5)8/h3,6,8H,4-5H2,1-2H3,(H,9,10);1-4H/b7-3-;. The number of amides is 1. The third kappa shape index (κ3) is 8.87. The van der Waals surface area contributed by atoms with Crippen LogP contribution in [-0.4, -0.2) is 33.7 Å². The maximum Gasteiger partial charge on any atom is 0.211 e. The smallest absolute Gasteiger partial charge is 0.211 e. The minimum absolute atomic E-state index is 0.431. The molecule has 4 nitrogen and oxygen atoms in total. The van der Waals surface area contributed by atoms with Gasteiger partial charge in [-0.05, 0) is 25.3 Å². The summed E-state index contributed by atoms with van der Waals surface area (Å²) in [5.41, 5.74) is 0.775. The molecule has 0 bridgehead atoms. The molecule has 2 N–H and O–H groups in total. The molecule has 1 aromatic rings. The molecule has 0 aliphatic carbocycles. The van der Waals surface area contributed by atoms with Crippen LogP contribution in [0.15, 0.2) is 36.0 Å². The molecule has 0 saturated carbocycles. The Morgan fingerprint density at radius 3 is 2.26 bits per heavy atom. The lowest BCUT2D eigenvalue weighted by molar-refractivity contribution is -0.109. The third-order valence-corrected chi connectivity index (χ3v) is 1.92. The summed E-state index contributed by atoms with van der Waals surface area (Å²) in [7, 11) is 3.42. The molecule has 1 aromatic carbocycles. The van der Waals surface area contributed by atoms with Gasteiger partial charge >= 0.3 is 0 Å². The van der Waals surface area contributed by atoms with Crippen molar-refractivity contribution in [1.29, 1.82) is 0 Å². The number of hydrogen-bond acceptors (Lipinski definition) is 3. The van der Waals surface area contributed by atoms with Crippen LogP contribution in [0.1, 0.15) is 0 Å². The summed E-state index contributed by atoms with van der Waals surface area (Å²) >= 11 is 0. The highest BCUT2D eigenvalue weighted by Gasteiger charge is 1.93. The minimum atomic E-state index is -0.799. The zero-order valence-corrected chi connectivity index (χ0v) is 11.0. The topological polar surface area (TPSA) is 50.4 Å². The number of rotatable bonds is 6. The summed E-state index contributed by atoms with van der Waals surface area (Å²) in [6, 6.07) is 5.04. The summed E-state index contributed by atoms with van der Waals surface area (Å²) in [6.45, 7) is 1.15. The predicted octanol–water partition coefficient (Wildman–Crippen LogP) is 1.45. The first-order valence-electron chi connectivity index (χ1n) is 5.58. The van der Waals surface area contributed by atoms with Crippen molar-refractivity contribution in [2.24, 2.45) is 0 Å². The van der Waals surface area contributed by atoms with E-state index >= 15 is 0 Å². The van der Waals surface area contributed by atoms with Crippen molar-refractivity contribution in [3.63, 3.8) is 0 Å². The second-order valence-corrected chi connectivity index (χ2v) is 3.40. The first-order chi connectivity index (χ1) is 9.15. The molecule has 1 rings (SSSR count). The second kappa shape index (κ2) is 11.3. The average Bonchev–Trinajstić information content (AvgIpc) is 2.41. The third-order valence-electron chi connectivity index (χ3n) is 1.92. The summed E-state index contributed by atoms with van der Waals surface area (Å²) in [5.74, 6) is -1.60. The number of halogens is 2. The Balaban J connectivity index is 0.000000356. The lowest BCUT2D eigenvalue weighted by Gasteiger charge is -2.03. The van der Waals surface area contributed by atoms with Crippen LogP contribution in [0.25, 0.3) is 0 Å². The fourth-order valence-electron chi connectivity index (χ4n) is 1.06. The predicted molar refractivity (Wildman–Crippen MR) is 69.4 cm³/mol. The Hall–Kier alpha value is -1.79. The van der Waals surface area contributed by atoms with Gasteiger partial charge in [0.25, 0.3) is 0 Å². The Bertz CT molecular complexity index is 377. The molecule has 0 atom stereocenters. The van der Waals surface area contributed by atoms with Crippen LogP contribution >= 0.6 is 0 Å². The Morgan fingerprint density at radius 1 is 1.32 bits per heavy atom. The molecule has 19 heavy (non-hydrogen) atoms. The van der Waals surface area contributed by atoms with Crippen molar-refractivity contribution in [3.8, 4) is 0 Å². The fraction of sp³-hybridized carbons (Fsp3) is 0.308. The maximum absolute atomic E-state index is 11.9. The van der Waals surface area contributed by atoms with E-state index in [1.165, 1.54) is 12.1 Å². The summed E-state index contributed by atoms with van der Waals surface area (Å²) in [6.07, 6.45) is 2.50. The highest BCUT2D eigenvalue weighted by Crippen LogP contribution is 2.01. The molecule has 0 aliphatic heterocycles. The van der Waals surface area contributed by atoms with Crippen LogP contribution in [0.3, 0.4) is 0 Å². The highest BCUT2D eigenvalue weighted by molar-refractivity contribution is 5.50. The Labute approximate surface area is 111 Å². The van der Waals surface area contributed by atoms with E-state index in [4.69, 9.17) is 4.74 Å². The van der Waals surface area contributed by atoms with Gasteiger partial charge in [0.15, 0.2) is 11.6 Å². The molecule has 106 valence electrons. The molecule has 0 heterocycles. The van der Waals surface area contributed by atoms with E-state index < -0.39 is 11.6 Å². The fourth-order valence-corrected chi connectivity index (χ4v) is 1.06. The molecule has 0 spiro atoms. The van der Waals surface area contributed by atoms with Crippen molar-refractivity contribution in [2.45, 2.75) is 0 Å². The summed E-state index contributed by atoms with van der Waals surface area (Å²) in [4.78, 5) is 10.0. The summed E-state index contributed by atoms with van der Waals surface area (Å²) in [5, 5.41) is 5.46. The monoisotopic (exact) mass is 272 g/mol. The molecule has 0 aliphatic rings. The zero-order valence-electron chi connectivity index (χ0n) is 11.0. The molecule has 0 aromatic heterocycles. The van der Waals surface area contributed by atoms with Gasteiger partial charge in [-0.1, -0.05) is 12.1 Å². The van der Waals surface area contributed by atoms with Crippen molar-refractivity contribution >= 4 is 6.41 Å². The normalized spacial score (nSPS) is 10.4. The molecule has 0 saturated heterocycles. The number of likely N-dealkylation sites (N-methyl/N-ethyl adjacent to an activating group) is 1. The second-order valence-electron chi connectivity index (χ2n) is 3.40. The number of methoxy groups -OCH3 is 1. The molecule has 6 heteroatoms. The van der Waals surface area contributed by atoms with Crippen LogP contribution < -0.4 is 10.6 Å². The Morgan fingerprint density at radius 2 is 1.89 bits per heavy atom. The van der Waals surface area contributed by atoms with Crippen LogP contribution in [0.2, 0.25) is 0 Å². The van der Waals surface area contributed by atoms with Crippen LogP contribution in [0.4, 0.5) is 8.78 Å². The van der Waals surface area contributed by atoms with Crippen molar-refractivity contribution in [2.75, 3.05) is 27.3 Å². The lowest BCUT2D eigenvalue weighted by atomic mass is 10.3. The van der Waals surface area contributed by atoms with E-state index in [1.807, 2.05) is 13.1 Å². The van der Waals surface area contributed by atoms with E-state index in [-0.39, 0.29) is 0 Å². The maximum atomic E-state index is 11.9. The average molecular weight is 272 g/mol. The van der Waals surface area contributed by atoms with Gasteiger partial charge in [0.2, 0.25) is 6.41 Å². The van der Waals surface area contributed by atoms with Gasteiger partial charge in [-0.25, -0.2) is 8.78 Å². The first kappa shape index (κ1) is 17.2. The molecular formula is C13H18F2N2O2. The largest absolute Gasteiger partial charge is 0.378 e. The quantitative estimate of drug-likeness (QED) is 0.771. The zero-order chi connectivity index (χ0) is 14.5. The van der Waals surface area contributed by atoms with Gasteiger partial charge < -0.3 is 15.4 Å². The van der Waals surface area contributed by atoms with E-state index in [9.17, 15) is 13.6 Å². The lowest BCUT2D eigenvalue weighted by Crippen LogP contribution is -2.17. The van der Waals surface area contributed by atoms with E-state index in [0.29, 0.717) is 13.0 Å². The van der Waals surface area contributed by atoms with E-state index in [2.05, 4.69) is 10.6 Å². The van der Waals surface area contributed by atoms with Crippen LogP contribution in [-0.2, 0) is 9.53 Å². The van der Waals surface area contributed by atoms with Gasteiger partial charge in [0, 0.05) is 19.4 Å².